The Kier molecular flexibility index (Phi) is 5.87. The van der Waals surface area contributed by atoms with Gasteiger partial charge in [0.2, 0.25) is 5.91 Å². The van der Waals surface area contributed by atoms with Crippen LogP contribution in [0.4, 0.5) is 4.39 Å². The van der Waals surface area contributed by atoms with E-state index in [9.17, 15) is 9.59 Å². The summed E-state index contributed by atoms with van der Waals surface area (Å²) in [6.07, 6.45) is 5.18. The summed E-state index contributed by atoms with van der Waals surface area (Å²) < 4.78 is 15.1. The fourth-order valence-electron chi connectivity index (χ4n) is 4.32. The van der Waals surface area contributed by atoms with Gasteiger partial charge in [-0.15, -0.1) is 0 Å². The minimum Gasteiger partial charge on any atom is -0.342 e. The highest BCUT2D eigenvalue weighted by molar-refractivity contribution is 5.79. The number of carbonyl (C=O) groups is 2. The minimum atomic E-state index is -1.15. The zero-order valence-electron chi connectivity index (χ0n) is 14.5. The molecule has 2 aliphatic heterocycles. The van der Waals surface area contributed by atoms with Crippen molar-refractivity contribution in [1.29, 1.82) is 0 Å². The lowest BCUT2D eigenvalue weighted by Crippen LogP contribution is -2.54. The van der Waals surface area contributed by atoms with Crippen LogP contribution >= 0.6 is 0 Å². The molecular weight excluding hydrogens is 309 g/mol. The molecule has 2 saturated heterocycles. The number of aldehydes is 1. The minimum absolute atomic E-state index is 0.0430. The average Bonchev–Trinajstić information content (AvgIpc) is 2.62. The number of hydrogen-bond donors (Lipinski definition) is 1. The predicted molar refractivity (Wildman–Crippen MR) is 90.5 cm³/mol. The first-order valence-electron chi connectivity index (χ1n) is 9.46. The topological polar surface area (TPSA) is 52.7 Å². The Bertz CT molecular complexity index is 438. The fraction of sp³-hybridized carbons (Fsp3) is 0.889. The molecule has 0 aromatic rings. The third-order valence-electron chi connectivity index (χ3n) is 6.00. The number of nitrogens with zero attached hydrogens (tertiary/aromatic N) is 2. The second kappa shape index (κ2) is 7.91. The van der Waals surface area contributed by atoms with E-state index in [4.69, 9.17) is 0 Å². The summed E-state index contributed by atoms with van der Waals surface area (Å²) >= 11 is 0. The van der Waals surface area contributed by atoms with Crippen LogP contribution in [0.5, 0.6) is 0 Å². The molecule has 1 aliphatic carbocycles. The molecule has 3 aliphatic rings. The van der Waals surface area contributed by atoms with Crippen LogP contribution in [0.15, 0.2) is 0 Å². The molecule has 0 spiro atoms. The monoisotopic (exact) mass is 339 g/mol. The van der Waals surface area contributed by atoms with Gasteiger partial charge in [0.25, 0.3) is 0 Å². The van der Waals surface area contributed by atoms with Crippen molar-refractivity contribution in [3.63, 3.8) is 0 Å². The molecule has 136 valence electrons. The Morgan fingerprint density at radius 1 is 1.08 bits per heavy atom. The molecular formula is C18H30FN3O2. The SMILES string of the molecule is O=CC1CCC(C(=O)N2CCC(F)(CN3CCNCC3)CC2)CC1. The van der Waals surface area contributed by atoms with Gasteiger partial charge in [-0.1, -0.05) is 0 Å². The van der Waals surface area contributed by atoms with Crippen LogP contribution in [0, 0.1) is 11.8 Å². The molecule has 24 heavy (non-hydrogen) atoms. The molecule has 0 aromatic heterocycles. The second-order valence-corrected chi connectivity index (χ2v) is 7.75. The van der Waals surface area contributed by atoms with E-state index in [1.54, 1.807) is 0 Å². The standard InChI is InChI=1S/C18H30FN3O2/c19-18(14-21-11-7-20-8-12-21)5-9-22(10-6-18)17(24)16-3-1-15(13-23)2-4-16/h13,15-16,20H,1-12,14H2. The zero-order valence-corrected chi connectivity index (χ0v) is 14.5. The molecule has 0 radical (unpaired) electrons. The van der Waals surface area contributed by atoms with Gasteiger partial charge in [-0.25, -0.2) is 4.39 Å². The van der Waals surface area contributed by atoms with Crippen molar-refractivity contribution >= 4 is 12.2 Å². The van der Waals surface area contributed by atoms with E-state index < -0.39 is 5.67 Å². The van der Waals surface area contributed by atoms with E-state index in [1.165, 1.54) is 0 Å². The molecule has 6 heteroatoms. The van der Waals surface area contributed by atoms with Crippen molar-refractivity contribution in [3.05, 3.63) is 0 Å². The van der Waals surface area contributed by atoms with Crippen LogP contribution in [0.1, 0.15) is 38.5 Å². The third kappa shape index (κ3) is 4.33. The highest BCUT2D eigenvalue weighted by Gasteiger charge is 2.39. The maximum absolute atomic E-state index is 15.1. The van der Waals surface area contributed by atoms with Crippen molar-refractivity contribution in [1.82, 2.24) is 15.1 Å². The largest absolute Gasteiger partial charge is 0.342 e. The highest BCUT2D eigenvalue weighted by atomic mass is 19.1. The van der Waals surface area contributed by atoms with Crippen LogP contribution in [-0.4, -0.2) is 73.5 Å². The summed E-state index contributed by atoms with van der Waals surface area (Å²) in [6.45, 7) is 5.27. The number of rotatable bonds is 4. The van der Waals surface area contributed by atoms with Gasteiger partial charge >= 0.3 is 0 Å². The van der Waals surface area contributed by atoms with E-state index in [0.29, 0.717) is 32.5 Å². The maximum atomic E-state index is 15.1. The van der Waals surface area contributed by atoms with Gasteiger partial charge in [-0.2, -0.15) is 0 Å². The first-order valence-corrected chi connectivity index (χ1v) is 9.46. The van der Waals surface area contributed by atoms with Gasteiger partial charge in [0.05, 0.1) is 0 Å². The number of piperidine rings is 1. The fourth-order valence-corrected chi connectivity index (χ4v) is 4.32. The molecule has 1 saturated carbocycles. The summed E-state index contributed by atoms with van der Waals surface area (Å²) in [6, 6.07) is 0. The predicted octanol–water partition coefficient (Wildman–Crippen LogP) is 1.23. The number of likely N-dealkylation sites (tertiary alicyclic amines) is 1. The number of amides is 1. The Morgan fingerprint density at radius 3 is 2.29 bits per heavy atom. The molecule has 2 heterocycles. The molecule has 1 N–H and O–H groups in total. The lowest BCUT2D eigenvalue weighted by molar-refractivity contribution is -0.140. The first-order chi connectivity index (χ1) is 11.6. The Morgan fingerprint density at radius 2 is 1.71 bits per heavy atom. The Balaban J connectivity index is 1.45. The highest BCUT2D eigenvalue weighted by Crippen LogP contribution is 2.32. The van der Waals surface area contributed by atoms with Crippen molar-refractivity contribution in [3.8, 4) is 0 Å². The smallest absolute Gasteiger partial charge is 0.225 e. The maximum Gasteiger partial charge on any atom is 0.225 e. The van der Waals surface area contributed by atoms with Crippen molar-refractivity contribution < 1.29 is 14.0 Å². The molecule has 0 atom stereocenters. The summed E-state index contributed by atoms with van der Waals surface area (Å²) in [4.78, 5) is 27.5. The van der Waals surface area contributed by atoms with Crippen LogP contribution in [0.2, 0.25) is 0 Å². The molecule has 5 nitrogen and oxygen atoms in total. The average molecular weight is 339 g/mol. The molecule has 3 fully saturated rings. The summed E-state index contributed by atoms with van der Waals surface area (Å²) in [5, 5.41) is 3.29. The number of halogens is 1. The summed E-state index contributed by atoms with van der Waals surface area (Å²) in [5.41, 5.74) is -1.15. The van der Waals surface area contributed by atoms with E-state index in [-0.39, 0.29) is 17.7 Å². The Hall–Kier alpha value is -1.01. The molecule has 0 unspecified atom stereocenters. The van der Waals surface area contributed by atoms with Gasteiger partial charge in [0.1, 0.15) is 12.0 Å². The van der Waals surface area contributed by atoms with Crippen LogP contribution in [0.3, 0.4) is 0 Å². The van der Waals surface area contributed by atoms with Crippen molar-refractivity contribution in [2.24, 2.45) is 11.8 Å². The normalized spacial score (nSPS) is 31.6. The zero-order chi connectivity index (χ0) is 17.0. The number of piperazine rings is 1. The number of carbonyl (C=O) groups excluding carboxylic acids is 2. The molecule has 0 bridgehead atoms. The van der Waals surface area contributed by atoms with Crippen LogP contribution in [-0.2, 0) is 9.59 Å². The molecule has 0 aromatic carbocycles. The van der Waals surface area contributed by atoms with E-state index in [0.717, 1.165) is 58.1 Å². The van der Waals surface area contributed by atoms with Crippen LogP contribution in [0.25, 0.3) is 0 Å². The van der Waals surface area contributed by atoms with Crippen molar-refractivity contribution in [2.45, 2.75) is 44.2 Å². The Labute approximate surface area is 143 Å². The lowest BCUT2D eigenvalue weighted by atomic mass is 9.81. The quantitative estimate of drug-likeness (QED) is 0.783. The second-order valence-electron chi connectivity index (χ2n) is 7.75. The van der Waals surface area contributed by atoms with Crippen molar-refractivity contribution in [2.75, 3.05) is 45.8 Å². The number of alkyl halides is 1. The molecule has 3 rings (SSSR count). The third-order valence-corrected chi connectivity index (χ3v) is 6.00. The number of hydrogen-bond acceptors (Lipinski definition) is 4. The van der Waals surface area contributed by atoms with Gasteiger partial charge in [-0.3, -0.25) is 9.69 Å². The van der Waals surface area contributed by atoms with Gasteiger partial charge in [-0.05, 0) is 25.7 Å². The molecule has 1 amide bonds. The van der Waals surface area contributed by atoms with E-state index in [2.05, 4.69) is 10.2 Å². The van der Waals surface area contributed by atoms with E-state index in [1.807, 2.05) is 4.90 Å². The summed E-state index contributed by atoms with van der Waals surface area (Å²) in [5.74, 6) is 0.359. The summed E-state index contributed by atoms with van der Waals surface area (Å²) in [7, 11) is 0. The lowest BCUT2D eigenvalue weighted by Gasteiger charge is -2.41. The number of nitrogens with one attached hydrogen (secondary N) is 1. The first kappa shape index (κ1) is 17.8. The van der Waals surface area contributed by atoms with Crippen LogP contribution < -0.4 is 5.32 Å². The van der Waals surface area contributed by atoms with E-state index >= 15 is 4.39 Å². The van der Waals surface area contributed by atoms with Gasteiger partial charge in [0.15, 0.2) is 0 Å². The van der Waals surface area contributed by atoms with Gasteiger partial charge < -0.3 is 15.0 Å². The van der Waals surface area contributed by atoms with Gasteiger partial charge in [0, 0.05) is 70.5 Å².